The fourth-order valence-electron chi connectivity index (χ4n) is 0.983. The topological polar surface area (TPSA) is 12.0 Å². The molecule has 0 unspecified atom stereocenters. The monoisotopic (exact) mass is 117 g/mol. The summed E-state index contributed by atoms with van der Waals surface area (Å²) in [6, 6.07) is 0. The third kappa shape index (κ3) is 0.996. The maximum Gasteiger partial charge on any atom is 0.0960 e. The van der Waals surface area contributed by atoms with Gasteiger partial charge in [-0.1, -0.05) is 6.92 Å². The van der Waals surface area contributed by atoms with Crippen LogP contribution in [0.15, 0.2) is 0 Å². The van der Waals surface area contributed by atoms with Gasteiger partial charge in [-0.05, 0) is 13.0 Å². The van der Waals surface area contributed by atoms with Crippen molar-refractivity contribution in [3.63, 3.8) is 0 Å². The Labute approximate surface area is 49.3 Å². The third-order valence-corrected chi connectivity index (χ3v) is 1.78. The van der Waals surface area contributed by atoms with Gasteiger partial charge in [-0.25, -0.2) is 0 Å². The standard InChI is InChI=1S/C6H12FN/c1-6(4-7)2-3-8-5-6/h8H,2-5H2,1H3/t6-/m1/s1. The Hall–Kier alpha value is -0.110. The number of hydrogen-bond donors (Lipinski definition) is 1. The number of halogens is 1. The van der Waals surface area contributed by atoms with Crippen molar-refractivity contribution in [2.24, 2.45) is 5.41 Å². The summed E-state index contributed by atoms with van der Waals surface area (Å²) in [5, 5.41) is 3.12. The van der Waals surface area contributed by atoms with Gasteiger partial charge in [-0.15, -0.1) is 0 Å². The van der Waals surface area contributed by atoms with Crippen LogP contribution in [0.25, 0.3) is 0 Å². The zero-order valence-electron chi connectivity index (χ0n) is 5.21. The van der Waals surface area contributed by atoms with Gasteiger partial charge in [0.15, 0.2) is 0 Å². The van der Waals surface area contributed by atoms with Crippen LogP contribution in [0, 0.1) is 5.41 Å². The molecule has 1 atom stereocenters. The molecule has 1 aliphatic rings. The minimum atomic E-state index is -0.181. The van der Waals surface area contributed by atoms with Gasteiger partial charge in [0.2, 0.25) is 0 Å². The Morgan fingerprint density at radius 2 is 2.50 bits per heavy atom. The smallest absolute Gasteiger partial charge is 0.0960 e. The maximum atomic E-state index is 12.0. The summed E-state index contributed by atoms with van der Waals surface area (Å²) in [6.45, 7) is 3.64. The Kier molecular flexibility index (Phi) is 1.52. The molecule has 0 spiro atoms. The first kappa shape index (κ1) is 6.02. The van der Waals surface area contributed by atoms with Crippen molar-refractivity contribution < 1.29 is 4.39 Å². The van der Waals surface area contributed by atoms with Gasteiger partial charge < -0.3 is 5.32 Å². The van der Waals surface area contributed by atoms with Crippen LogP contribution in [0.1, 0.15) is 13.3 Å². The predicted octanol–water partition coefficient (Wildman–Crippen LogP) is 0.956. The number of rotatable bonds is 1. The van der Waals surface area contributed by atoms with E-state index in [0.717, 1.165) is 19.5 Å². The maximum absolute atomic E-state index is 12.0. The van der Waals surface area contributed by atoms with Gasteiger partial charge in [0.1, 0.15) is 0 Å². The molecule has 2 heteroatoms. The average Bonchev–Trinajstić information content (AvgIpc) is 2.17. The van der Waals surface area contributed by atoms with Crippen LogP contribution in [-0.4, -0.2) is 19.8 Å². The lowest BCUT2D eigenvalue weighted by Gasteiger charge is -2.15. The van der Waals surface area contributed by atoms with E-state index in [9.17, 15) is 4.39 Å². The molecule has 0 amide bonds. The van der Waals surface area contributed by atoms with Gasteiger partial charge in [0.05, 0.1) is 6.67 Å². The van der Waals surface area contributed by atoms with Crippen LogP contribution in [0.5, 0.6) is 0 Å². The van der Waals surface area contributed by atoms with E-state index in [0.29, 0.717) is 0 Å². The molecule has 1 fully saturated rings. The molecule has 0 saturated carbocycles. The minimum Gasteiger partial charge on any atom is -0.316 e. The summed E-state index contributed by atoms with van der Waals surface area (Å²) in [4.78, 5) is 0. The second-order valence-corrected chi connectivity index (χ2v) is 2.87. The lowest BCUT2D eigenvalue weighted by molar-refractivity contribution is 0.257. The molecule has 48 valence electrons. The highest BCUT2D eigenvalue weighted by Crippen LogP contribution is 2.23. The Morgan fingerprint density at radius 1 is 1.75 bits per heavy atom. The van der Waals surface area contributed by atoms with Crippen molar-refractivity contribution in [1.29, 1.82) is 0 Å². The summed E-state index contributed by atoms with van der Waals surface area (Å²) in [6.07, 6.45) is 0.990. The molecule has 0 aromatic carbocycles. The molecule has 0 bridgehead atoms. The summed E-state index contributed by atoms with van der Waals surface area (Å²) in [5.41, 5.74) is -0.0417. The van der Waals surface area contributed by atoms with Crippen LogP contribution in [0.2, 0.25) is 0 Å². The third-order valence-electron chi connectivity index (χ3n) is 1.78. The molecule has 0 radical (unpaired) electrons. The molecule has 8 heavy (non-hydrogen) atoms. The van der Waals surface area contributed by atoms with E-state index in [2.05, 4.69) is 5.32 Å². The number of nitrogens with one attached hydrogen (secondary N) is 1. The van der Waals surface area contributed by atoms with Crippen molar-refractivity contribution in [1.82, 2.24) is 5.32 Å². The van der Waals surface area contributed by atoms with Crippen LogP contribution >= 0.6 is 0 Å². The first-order chi connectivity index (χ1) is 3.77. The molecule has 1 saturated heterocycles. The summed E-state index contributed by atoms with van der Waals surface area (Å²) in [7, 11) is 0. The second kappa shape index (κ2) is 2.02. The van der Waals surface area contributed by atoms with Gasteiger partial charge in [-0.3, -0.25) is 4.39 Å². The zero-order valence-corrected chi connectivity index (χ0v) is 5.21. The van der Waals surface area contributed by atoms with Crippen molar-refractivity contribution >= 4 is 0 Å². The molecule has 0 aliphatic carbocycles. The largest absolute Gasteiger partial charge is 0.316 e. The molecule has 0 aromatic rings. The van der Waals surface area contributed by atoms with Crippen molar-refractivity contribution in [3.8, 4) is 0 Å². The Balaban J connectivity index is 2.40. The van der Waals surface area contributed by atoms with Gasteiger partial charge in [0.25, 0.3) is 0 Å². The molecule has 1 N–H and O–H groups in total. The number of alkyl halides is 1. The molecule has 1 nitrogen and oxygen atoms in total. The average molecular weight is 117 g/mol. The van der Waals surface area contributed by atoms with E-state index in [1.807, 2.05) is 6.92 Å². The van der Waals surface area contributed by atoms with Crippen LogP contribution in [0.3, 0.4) is 0 Å². The number of hydrogen-bond acceptors (Lipinski definition) is 1. The molecule has 1 heterocycles. The van der Waals surface area contributed by atoms with Gasteiger partial charge in [0, 0.05) is 12.0 Å². The zero-order chi connectivity index (χ0) is 6.04. The summed E-state index contributed by atoms with van der Waals surface area (Å²) < 4.78 is 12.0. The van der Waals surface area contributed by atoms with Crippen LogP contribution in [0.4, 0.5) is 4.39 Å². The normalized spacial score (nSPS) is 38.2. The SMILES string of the molecule is C[C@]1(CF)CCNC1. The highest BCUT2D eigenvalue weighted by atomic mass is 19.1. The Bertz CT molecular complexity index is 76.6. The van der Waals surface area contributed by atoms with E-state index in [-0.39, 0.29) is 12.1 Å². The van der Waals surface area contributed by atoms with E-state index < -0.39 is 0 Å². The summed E-state index contributed by atoms with van der Waals surface area (Å²) >= 11 is 0. The molecule has 1 aliphatic heterocycles. The highest BCUT2D eigenvalue weighted by Gasteiger charge is 2.27. The van der Waals surface area contributed by atoms with Crippen LogP contribution < -0.4 is 5.32 Å². The second-order valence-electron chi connectivity index (χ2n) is 2.87. The fraction of sp³-hybridized carbons (Fsp3) is 1.00. The first-order valence-corrected chi connectivity index (χ1v) is 3.04. The van der Waals surface area contributed by atoms with Crippen molar-refractivity contribution in [2.45, 2.75) is 13.3 Å². The fourth-order valence-corrected chi connectivity index (χ4v) is 0.983. The van der Waals surface area contributed by atoms with Crippen molar-refractivity contribution in [2.75, 3.05) is 19.8 Å². The molecular formula is C6H12FN. The van der Waals surface area contributed by atoms with Gasteiger partial charge >= 0.3 is 0 Å². The summed E-state index contributed by atoms with van der Waals surface area (Å²) in [5.74, 6) is 0. The molecule has 1 rings (SSSR count). The van der Waals surface area contributed by atoms with E-state index in [1.165, 1.54) is 0 Å². The lowest BCUT2D eigenvalue weighted by atomic mass is 9.92. The lowest BCUT2D eigenvalue weighted by Crippen LogP contribution is -2.21. The van der Waals surface area contributed by atoms with Crippen molar-refractivity contribution in [3.05, 3.63) is 0 Å². The van der Waals surface area contributed by atoms with E-state index >= 15 is 0 Å². The van der Waals surface area contributed by atoms with Gasteiger partial charge in [-0.2, -0.15) is 0 Å². The van der Waals surface area contributed by atoms with E-state index in [1.54, 1.807) is 0 Å². The quantitative estimate of drug-likeness (QED) is 0.539. The van der Waals surface area contributed by atoms with Crippen LogP contribution in [-0.2, 0) is 0 Å². The Morgan fingerprint density at radius 3 is 2.75 bits per heavy atom. The first-order valence-electron chi connectivity index (χ1n) is 3.04. The highest BCUT2D eigenvalue weighted by molar-refractivity contribution is 4.82. The molecule has 0 aromatic heterocycles. The molecular weight excluding hydrogens is 105 g/mol. The minimum absolute atomic E-state index is 0.0417. The predicted molar refractivity (Wildman–Crippen MR) is 31.6 cm³/mol. The van der Waals surface area contributed by atoms with E-state index in [4.69, 9.17) is 0 Å².